The topological polar surface area (TPSA) is 81.8 Å². The lowest BCUT2D eigenvalue weighted by Gasteiger charge is -2.34. The molecule has 0 aliphatic carbocycles. The lowest BCUT2D eigenvalue weighted by Crippen LogP contribution is -2.47. The molecule has 1 saturated heterocycles. The Kier molecular flexibility index (Phi) is 8.76. The third-order valence-corrected chi connectivity index (χ3v) is 5.42. The van der Waals surface area contributed by atoms with Crippen molar-refractivity contribution >= 4 is 35.1 Å². The first-order chi connectivity index (χ1) is 13.9. The molecule has 0 bridgehead atoms. The van der Waals surface area contributed by atoms with Crippen molar-refractivity contribution < 1.29 is 14.4 Å². The zero-order chi connectivity index (χ0) is 21.4. The number of amides is 4. The Morgan fingerprint density at radius 2 is 1.79 bits per heavy atom. The molecule has 0 atom stereocenters. The second kappa shape index (κ2) is 11.0. The Hall–Kier alpha value is -2.28. The normalized spacial score (nSPS) is 14.4. The van der Waals surface area contributed by atoms with Crippen molar-refractivity contribution in [1.29, 1.82) is 0 Å². The average Bonchev–Trinajstić information content (AvgIpc) is 2.73. The third kappa shape index (κ3) is 6.10. The number of nitrogens with one attached hydrogen (secondary N) is 2. The summed E-state index contributed by atoms with van der Waals surface area (Å²) in [6.45, 7) is 8.90. The molecule has 2 N–H and O–H groups in total. The average molecular weight is 423 g/mol. The second-order valence-electron chi connectivity index (χ2n) is 7.15. The van der Waals surface area contributed by atoms with Crippen molar-refractivity contribution in [3.63, 3.8) is 0 Å². The zero-order valence-corrected chi connectivity index (χ0v) is 18.2. The van der Waals surface area contributed by atoms with Crippen LogP contribution in [0, 0.1) is 5.92 Å². The van der Waals surface area contributed by atoms with E-state index in [-0.39, 0.29) is 23.8 Å². The summed E-state index contributed by atoms with van der Waals surface area (Å²) in [5.74, 6) is -0.591. The summed E-state index contributed by atoms with van der Waals surface area (Å²) in [7, 11) is 0. The molecular weight excluding hydrogens is 392 g/mol. The van der Waals surface area contributed by atoms with Crippen LogP contribution < -0.4 is 10.6 Å². The first-order valence-corrected chi connectivity index (χ1v) is 10.7. The van der Waals surface area contributed by atoms with Gasteiger partial charge in [-0.3, -0.25) is 9.59 Å². The first kappa shape index (κ1) is 23.0. The second-order valence-corrected chi connectivity index (χ2v) is 7.59. The van der Waals surface area contributed by atoms with Gasteiger partial charge in [0.25, 0.3) is 5.91 Å². The van der Waals surface area contributed by atoms with E-state index in [4.69, 9.17) is 11.6 Å². The van der Waals surface area contributed by atoms with E-state index in [2.05, 4.69) is 10.6 Å². The van der Waals surface area contributed by atoms with Gasteiger partial charge in [-0.2, -0.15) is 0 Å². The van der Waals surface area contributed by atoms with E-state index in [9.17, 15) is 14.4 Å². The van der Waals surface area contributed by atoms with Crippen molar-refractivity contribution in [2.45, 2.75) is 40.0 Å². The van der Waals surface area contributed by atoms with Crippen LogP contribution in [-0.4, -0.2) is 60.4 Å². The van der Waals surface area contributed by atoms with Gasteiger partial charge in [-0.25, -0.2) is 4.79 Å². The number of carbonyl (C=O) groups excluding carboxylic acids is 3. The van der Waals surface area contributed by atoms with E-state index in [1.165, 1.54) is 0 Å². The molecule has 2 rings (SSSR count). The van der Waals surface area contributed by atoms with Crippen LogP contribution >= 0.6 is 11.6 Å². The van der Waals surface area contributed by atoms with Crippen LogP contribution in [0.2, 0.25) is 5.02 Å². The molecule has 1 aromatic carbocycles. The molecule has 0 saturated carbocycles. The van der Waals surface area contributed by atoms with E-state index in [0.29, 0.717) is 61.8 Å². The molecule has 29 heavy (non-hydrogen) atoms. The predicted molar refractivity (Wildman–Crippen MR) is 115 cm³/mol. The lowest BCUT2D eigenvalue weighted by atomic mass is 9.95. The minimum Gasteiger partial charge on any atom is -0.352 e. The Balaban J connectivity index is 2.00. The summed E-state index contributed by atoms with van der Waals surface area (Å²) >= 11 is 6.07. The maximum atomic E-state index is 12.8. The van der Waals surface area contributed by atoms with Crippen LogP contribution in [0.5, 0.6) is 0 Å². The molecule has 1 aliphatic rings. The van der Waals surface area contributed by atoms with Crippen molar-refractivity contribution in [1.82, 2.24) is 15.1 Å². The molecule has 4 amide bonds. The highest BCUT2D eigenvalue weighted by Gasteiger charge is 2.29. The molecule has 8 heteroatoms. The molecule has 1 fully saturated rings. The molecule has 1 aromatic rings. The van der Waals surface area contributed by atoms with Gasteiger partial charge in [0.15, 0.2) is 0 Å². The summed E-state index contributed by atoms with van der Waals surface area (Å²) in [6, 6.07) is 4.88. The van der Waals surface area contributed by atoms with Crippen molar-refractivity contribution in [2.75, 3.05) is 38.0 Å². The smallest absolute Gasteiger partial charge is 0.319 e. The van der Waals surface area contributed by atoms with Crippen LogP contribution in [-0.2, 0) is 4.79 Å². The largest absolute Gasteiger partial charge is 0.352 e. The fourth-order valence-electron chi connectivity index (χ4n) is 3.41. The van der Waals surface area contributed by atoms with Crippen LogP contribution in [0.1, 0.15) is 50.4 Å². The molecule has 1 heterocycles. The van der Waals surface area contributed by atoms with Gasteiger partial charge in [0, 0.05) is 43.7 Å². The molecule has 0 aromatic heterocycles. The Morgan fingerprint density at radius 1 is 1.14 bits per heavy atom. The van der Waals surface area contributed by atoms with Gasteiger partial charge in [0.05, 0.1) is 11.3 Å². The minimum atomic E-state index is -0.238. The van der Waals surface area contributed by atoms with E-state index in [1.807, 2.05) is 20.8 Å². The fraction of sp³-hybridized carbons (Fsp3) is 0.571. The highest BCUT2D eigenvalue weighted by atomic mass is 35.5. The number of anilines is 1. The van der Waals surface area contributed by atoms with E-state index < -0.39 is 0 Å². The number of likely N-dealkylation sites (tertiary alicyclic amines) is 1. The van der Waals surface area contributed by atoms with Crippen molar-refractivity contribution in [3.8, 4) is 0 Å². The van der Waals surface area contributed by atoms with Gasteiger partial charge in [0.2, 0.25) is 5.91 Å². The highest BCUT2D eigenvalue weighted by Crippen LogP contribution is 2.25. The SMILES string of the molecule is CCCNC(=O)c1ccc(Cl)cc1NC(=O)C1CCN(C(=O)N(CC)CC)CC1. The third-order valence-electron chi connectivity index (χ3n) is 5.19. The standard InChI is InChI=1S/C21H31ClN4O3/c1-4-11-23-20(28)17-8-7-16(22)14-18(17)24-19(27)15-9-12-26(13-10-15)21(29)25(5-2)6-3/h7-8,14-15H,4-6,9-13H2,1-3H3,(H,23,28)(H,24,27). The van der Waals surface area contributed by atoms with Crippen LogP contribution in [0.4, 0.5) is 10.5 Å². The number of nitrogens with zero attached hydrogens (tertiary/aromatic N) is 2. The Labute approximate surface area is 177 Å². The summed E-state index contributed by atoms with van der Waals surface area (Å²) < 4.78 is 0. The minimum absolute atomic E-state index is 0.0265. The summed E-state index contributed by atoms with van der Waals surface area (Å²) in [5, 5.41) is 6.14. The summed E-state index contributed by atoms with van der Waals surface area (Å²) in [4.78, 5) is 41.2. The molecule has 160 valence electrons. The molecule has 7 nitrogen and oxygen atoms in total. The summed E-state index contributed by atoms with van der Waals surface area (Å²) in [6.07, 6.45) is 2.01. The number of halogens is 1. The van der Waals surface area contributed by atoms with Gasteiger partial charge in [-0.15, -0.1) is 0 Å². The van der Waals surface area contributed by atoms with Crippen molar-refractivity contribution in [3.05, 3.63) is 28.8 Å². The van der Waals surface area contributed by atoms with Crippen LogP contribution in [0.25, 0.3) is 0 Å². The van der Waals surface area contributed by atoms with Gasteiger partial charge >= 0.3 is 6.03 Å². The summed E-state index contributed by atoms with van der Waals surface area (Å²) in [5.41, 5.74) is 0.808. The molecule has 0 unspecified atom stereocenters. The molecular formula is C21H31ClN4O3. The molecule has 1 aliphatic heterocycles. The van der Waals surface area contributed by atoms with E-state index in [1.54, 1.807) is 28.0 Å². The number of urea groups is 1. The van der Waals surface area contributed by atoms with Crippen LogP contribution in [0.15, 0.2) is 18.2 Å². The monoisotopic (exact) mass is 422 g/mol. The van der Waals surface area contributed by atoms with Gasteiger partial charge in [-0.05, 0) is 51.3 Å². The van der Waals surface area contributed by atoms with Crippen LogP contribution in [0.3, 0.4) is 0 Å². The maximum Gasteiger partial charge on any atom is 0.319 e. The Bertz CT molecular complexity index is 729. The van der Waals surface area contributed by atoms with Crippen molar-refractivity contribution in [2.24, 2.45) is 5.92 Å². The molecule has 0 radical (unpaired) electrons. The van der Waals surface area contributed by atoms with Gasteiger partial charge in [-0.1, -0.05) is 18.5 Å². The first-order valence-electron chi connectivity index (χ1n) is 10.3. The number of hydrogen-bond donors (Lipinski definition) is 2. The highest BCUT2D eigenvalue weighted by molar-refractivity contribution is 6.31. The zero-order valence-electron chi connectivity index (χ0n) is 17.5. The number of rotatable bonds is 7. The lowest BCUT2D eigenvalue weighted by molar-refractivity contribution is -0.121. The Morgan fingerprint density at radius 3 is 2.38 bits per heavy atom. The molecule has 0 spiro atoms. The number of benzene rings is 1. The maximum absolute atomic E-state index is 12.8. The fourth-order valence-corrected chi connectivity index (χ4v) is 3.59. The van der Waals surface area contributed by atoms with E-state index in [0.717, 1.165) is 6.42 Å². The van der Waals surface area contributed by atoms with Gasteiger partial charge < -0.3 is 20.4 Å². The van der Waals surface area contributed by atoms with Gasteiger partial charge in [0.1, 0.15) is 0 Å². The number of hydrogen-bond acceptors (Lipinski definition) is 3. The predicted octanol–water partition coefficient (Wildman–Crippen LogP) is 3.59. The number of piperidine rings is 1. The number of carbonyl (C=O) groups is 3. The quantitative estimate of drug-likeness (QED) is 0.704. The van der Waals surface area contributed by atoms with E-state index >= 15 is 0 Å².